The number of carbonyl (C=O) groups is 1. The molecule has 1 rings (SSSR count). The number of hydrogen-bond acceptors (Lipinski definition) is 4. The largest absolute Gasteiger partial charge is 0.464 e. The Morgan fingerprint density at radius 2 is 2.29 bits per heavy atom. The van der Waals surface area contributed by atoms with E-state index in [9.17, 15) is 4.79 Å². The van der Waals surface area contributed by atoms with Gasteiger partial charge < -0.3 is 10.5 Å². The van der Waals surface area contributed by atoms with Crippen molar-refractivity contribution >= 4 is 17.7 Å². The Kier molecular flexibility index (Phi) is 3.61. The van der Waals surface area contributed by atoms with Gasteiger partial charge in [-0.25, -0.2) is 4.79 Å². The van der Waals surface area contributed by atoms with Crippen LogP contribution >= 0.6 is 11.8 Å². The third-order valence-electron chi connectivity index (χ3n) is 2.25. The van der Waals surface area contributed by atoms with Crippen LogP contribution in [0.15, 0.2) is 10.5 Å². The molecule has 0 amide bonds. The maximum absolute atomic E-state index is 11.6. The number of thioether (sulfide) groups is 1. The van der Waals surface area contributed by atoms with Crippen molar-refractivity contribution in [2.75, 3.05) is 6.61 Å². The predicted octanol–water partition coefficient (Wildman–Crippen LogP) is 2.03. The first-order chi connectivity index (χ1) is 6.53. The summed E-state index contributed by atoms with van der Waals surface area (Å²) in [5.41, 5.74) is 7.21. The average molecular weight is 215 g/mol. The molecular formula is C10H17NO2S. The lowest BCUT2D eigenvalue weighted by molar-refractivity contribution is -0.145. The molecule has 1 aliphatic heterocycles. The van der Waals surface area contributed by atoms with Gasteiger partial charge in [0.25, 0.3) is 0 Å². The normalized spacial score (nSPS) is 26.9. The molecule has 0 aromatic heterocycles. The van der Waals surface area contributed by atoms with Crippen LogP contribution in [0.5, 0.6) is 0 Å². The van der Waals surface area contributed by atoms with E-state index in [0.29, 0.717) is 13.0 Å². The molecule has 3 nitrogen and oxygen atoms in total. The summed E-state index contributed by atoms with van der Waals surface area (Å²) in [4.78, 5) is 11.9. The number of esters is 1. The molecule has 0 aromatic carbocycles. The molecule has 0 saturated heterocycles. The van der Waals surface area contributed by atoms with E-state index in [4.69, 9.17) is 10.5 Å². The summed E-state index contributed by atoms with van der Waals surface area (Å²) in [5, 5.41) is 0. The van der Waals surface area contributed by atoms with Gasteiger partial charge in [-0.15, -0.1) is 0 Å². The molecule has 4 heteroatoms. The minimum Gasteiger partial charge on any atom is -0.464 e. The molecule has 0 aromatic rings. The Labute approximate surface area is 89.1 Å². The number of hydrogen-bond donors (Lipinski definition) is 1. The highest BCUT2D eigenvalue weighted by Gasteiger charge is 2.42. The lowest BCUT2D eigenvalue weighted by atomic mass is 10.1. The summed E-state index contributed by atoms with van der Waals surface area (Å²) < 4.78 is 4.96. The Morgan fingerprint density at radius 3 is 2.71 bits per heavy atom. The number of rotatable bonds is 3. The Morgan fingerprint density at radius 1 is 1.64 bits per heavy atom. The van der Waals surface area contributed by atoms with Gasteiger partial charge in [0.1, 0.15) is 0 Å². The zero-order valence-electron chi connectivity index (χ0n) is 8.92. The van der Waals surface area contributed by atoms with E-state index < -0.39 is 4.87 Å². The number of ether oxygens (including phenoxy) is 1. The molecular weight excluding hydrogens is 198 g/mol. The van der Waals surface area contributed by atoms with Crippen LogP contribution in [-0.4, -0.2) is 17.4 Å². The van der Waals surface area contributed by atoms with Crippen LogP contribution in [0.4, 0.5) is 0 Å². The molecule has 14 heavy (non-hydrogen) atoms. The van der Waals surface area contributed by atoms with Crippen molar-refractivity contribution in [3.63, 3.8) is 0 Å². The van der Waals surface area contributed by atoms with Gasteiger partial charge in [0, 0.05) is 6.42 Å². The number of nitrogens with two attached hydrogens (primary N) is 1. The van der Waals surface area contributed by atoms with E-state index in [1.165, 1.54) is 22.2 Å². The molecule has 2 N–H and O–H groups in total. The molecule has 1 unspecified atom stereocenters. The van der Waals surface area contributed by atoms with Crippen LogP contribution in [-0.2, 0) is 9.53 Å². The highest BCUT2D eigenvalue weighted by atomic mass is 32.2. The monoisotopic (exact) mass is 215 g/mol. The highest BCUT2D eigenvalue weighted by molar-refractivity contribution is 8.05. The van der Waals surface area contributed by atoms with Gasteiger partial charge in [-0.3, -0.25) is 0 Å². The first kappa shape index (κ1) is 11.6. The Hall–Kier alpha value is -0.480. The molecule has 80 valence electrons. The van der Waals surface area contributed by atoms with E-state index in [1.807, 2.05) is 6.92 Å². The van der Waals surface area contributed by atoms with Gasteiger partial charge in [0.15, 0.2) is 4.87 Å². The lowest BCUT2D eigenvalue weighted by Gasteiger charge is -2.20. The van der Waals surface area contributed by atoms with Crippen LogP contribution in [0.2, 0.25) is 0 Å². The average Bonchev–Trinajstić information content (AvgIpc) is 2.43. The molecule has 1 atom stereocenters. The maximum atomic E-state index is 11.6. The second-order valence-electron chi connectivity index (χ2n) is 3.45. The first-order valence-corrected chi connectivity index (χ1v) is 5.69. The van der Waals surface area contributed by atoms with Crippen LogP contribution < -0.4 is 5.73 Å². The van der Waals surface area contributed by atoms with Gasteiger partial charge in [0.05, 0.1) is 6.61 Å². The van der Waals surface area contributed by atoms with Crippen molar-refractivity contribution in [2.24, 2.45) is 5.73 Å². The summed E-state index contributed by atoms with van der Waals surface area (Å²) in [5.74, 6) is -0.298. The van der Waals surface area contributed by atoms with Gasteiger partial charge >= 0.3 is 5.97 Å². The zero-order valence-corrected chi connectivity index (χ0v) is 9.74. The Bertz CT molecular complexity index is 275. The van der Waals surface area contributed by atoms with E-state index in [0.717, 1.165) is 6.42 Å². The van der Waals surface area contributed by atoms with Gasteiger partial charge in [-0.2, -0.15) is 0 Å². The highest BCUT2D eigenvalue weighted by Crippen LogP contribution is 2.44. The van der Waals surface area contributed by atoms with Crippen LogP contribution in [0.1, 0.15) is 33.6 Å². The van der Waals surface area contributed by atoms with Crippen molar-refractivity contribution in [1.82, 2.24) is 0 Å². The summed E-state index contributed by atoms with van der Waals surface area (Å²) in [6, 6.07) is 0. The standard InChI is InChI=1S/C10H17NO2S/c1-4-8-7(3)6-10(11,14-8)9(12)13-5-2/h4-6,11H2,1-3H3. The summed E-state index contributed by atoms with van der Waals surface area (Å²) >= 11 is 1.45. The quantitative estimate of drug-likeness (QED) is 0.732. The summed E-state index contributed by atoms with van der Waals surface area (Å²) in [6.07, 6.45) is 1.55. The van der Waals surface area contributed by atoms with Crippen LogP contribution in [0.25, 0.3) is 0 Å². The fourth-order valence-corrected chi connectivity index (χ4v) is 2.84. The van der Waals surface area contributed by atoms with Crippen molar-refractivity contribution in [3.8, 4) is 0 Å². The van der Waals surface area contributed by atoms with E-state index >= 15 is 0 Å². The van der Waals surface area contributed by atoms with Crippen molar-refractivity contribution < 1.29 is 9.53 Å². The van der Waals surface area contributed by atoms with E-state index in [1.54, 1.807) is 6.92 Å². The predicted molar refractivity (Wildman–Crippen MR) is 58.8 cm³/mol. The molecule has 0 aliphatic carbocycles. The smallest absolute Gasteiger partial charge is 0.337 e. The van der Waals surface area contributed by atoms with Gasteiger partial charge in [-0.1, -0.05) is 24.3 Å². The summed E-state index contributed by atoms with van der Waals surface area (Å²) in [6.45, 7) is 6.28. The minimum absolute atomic E-state index is 0.298. The van der Waals surface area contributed by atoms with Crippen molar-refractivity contribution in [3.05, 3.63) is 10.5 Å². The Balaban J connectivity index is 2.70. The molecule has 0 saturated carbocycles. The van der Waals surface area contributed by atoms with E-state index in [2.05, 4.69) is 6.92 Å². The molecule has 0 bridgehead atoms. The molecule has 1 aliphatic rings. The SMILES string of the molecule is CCOC(=O)C1(N)CC(C)=C(CC)S1. The maximum Gasteiger partial charge on any atom is 0.337 e. The third-order valence-corrected chi connectivity index (χ3v) is 3.81. The fourth-order valence-electron chi connectivity index (χ4n) is 1.58. The number of carbonyl (C=O) groups excluding carboxylic acids is 1. The molecule has 0 fully saturated rings. The number of allylic oxidation sites excluding steroid dienone is 1. The molecule has 0 radical (unpaired) electrons. The van der Waals surface area contributed by atoms with Crippen molar-refractivity contribution in [2.45, 2.75) is 38.5 Å². The minimum atomic E-state index is -0.870. The topological polar surface area (TPSA) is 52.3 Å². The zero-order chi connectivity index (χ0) is 10.8. The lowest BCUT2D eigenvalue weighted by Crippen LogP contribution is -2.44. The third kappa shape index (κ3) is 2.12. The first-order valence-electron chi connectivity index (χ1n) is 4.87. The molecule has 0 spiro atoms. The second-order valence-corrected chi connectivity index (χ2v) is 4.87. The fraction of sp³-hybridized carbons (Fsp3) is 0.700. The van der Waals surface area contributed by atoms with E-state index in [-0.39, 0.29) is 5.97 Å². The summed E-state index contributed by atoms with van der Waals surface area (Å²) in [7, 11) is 0. The van der Waals surface area contributed by atoms with Crippen LogP contribution in [0.3, 0.4) is 0 Å². The second kappa shape index (κ2) is 4.36. The van der Waals surface area contributed by atoms with Gasteiger partial charge in [0.2, 0.25) is 0 Å². The molecule has 1 heterocycles. The van der Waals surface area contributed by atoms with Gasteiger partial charge in [-0.05, 0) is 25.2 Å². The van der Waals surface area contributed by atoms with Crippen molar-refractivity contribution in [1.29, 1.82) is 0 Å². The van der Waals surface area contributed by atoms with Crippen LogP contribution in [0, 0.1) is 0 Å².